The molecule has 4 aliphatic rings. The summed E-state index contributed by atoms with van der Waals surface area (Å²) < 4.78 is 0. The minimum Gasteiger partial charge on any atom is -0.396 e. The van der Waals surface area contributed by atoms with Crippen molar-refractivity contribution >= 4 is 5.71 Å². The number of aliphatic hydroxyl groups excluding tert-OH is 1. The van der Waals surface area contributed by atoms with Gasteiger partial charge in [0.05, 0.1) is 11.8 Å². The normalized spacial score (nSPS) is 43.0. The van der Waals surface area contributed by atoms with Crippen molar-refractivity contribution in [3.05, 3.63) is 23.3 Å². The molecule has 0 aliphatic heterocycles. The first kappa shape index (κ1) is 20.2. The molecule has 3 nitrogen and oxygen atoms in total. The van der Waals surface area contributed by atoms with Crippen LogP contribution in [0.4, 0.5) is 0 Å². The molecule has 0 aromatic heterocycles. The van der Waals surface area contributed by atoms with Gasteiger partial charge in [0.15, 0.2) is 0 Å². The van der Waals surface area contributed by atoms with E-state index in [4.69, 9.17) is 4.84 Å². The molecule has 0 aromatic carbocycles. The Morgan fingerprint density at radius 2 is 1.93 bits per heavy atom. The molecule has 0 heterocycles. The van der Waals surface area contributed by atoms with E-state index in [1.807, 2.05) is 0 Å². The van der Waals surface area contributed by atoms with Gasteiger partial charge in [0.2, 0.25) is 0 Å². The summed E-state index contributed by atoms with van der Waals surface area (Å²) in [6.45, 7) is 12.2. The van der Waals surface area contributed by atoms with Crippen molar-refractivity contribution in [3.8, 4) is 0 Å². The summed E-state index contributed by atoms with van der Waals surface area (Å²) in [5.41, 5.74) is 4.98. The summed E-state index contributed by atoms with van der Waals surface area (Å²) in [7, 11) is 0. The summed E-state index contributed by atoms with van der Waals surface area (Å²) in [6.07, 6.45) is 12.7. The number of fused-ring (bicyclic) bond motifs is 5. The SMILES string of the molecule is C/C(=N/OCC(C)C)[C@H]1CC[C@H]2C3=CC=C4C[C@@H](O)CC[C@]4(C)[C@H]3CC[C@]12C. The molecule has 0 unspecified atom stereocenters. The highest BCUT2D eigenvalue weighted by Crippen LogP contribution is 2.65. The van der Waals surface area contributed by atoms with E-state index in [1.165, 1.54) is 37.0 Å². The molecule has 28 heavy (non-hydrogen) atoms. The molecule has 3 saturated carbocycles. The first-order chi connectivity index (χ1) is 13.3. The lowest BCUT2D eigenvalue weighted by molar-refractivity contribution is 0.0519. The fourth-order valence-electron chi connectivity index (χ4n) is 7.02. The molecule has 0 aromatic rings. The van der Waals surface area contributed by atoms with Crippen LogP contribution in [0.2, 0.25) is 0 Å². The Morgan fingerprint density at radius 3 is 2.68 bits per heavy atom. The molecular formula is C25H39NO2. The zero-order chi connectivity index (χ0) is 20.1. The Bertz CT molecular complexity index is 705. The van der Waals surface area contributed by atoms with Crippen molar-refractivity contribution in [1.29, 1.82) is 0 Å². The first-order valence-electron chi connectivity index (χ1n) is 11.5. The molecular weight excluding hydrogens is 346 g/mol. The Kier molecular flexibility index (Phi) is 5.27. The molecule has 0 amide bonds. The molecule has 3 heteroatoms. The largest absolute Gasteiger partial charge is 0.396 e. The third-order valence-corrected chi connectivity index (χ3v) is 8.67. The van der Waals surface area contributed by atoms with Crippen LogP contribution in [-0.2, 0) is 4.84 Å². The van der Waals surface area contributed by atoms with E-state index in [-0.39, 0.29) is 11.5 Å². The number of allylic oxidation sites excluding steroid dienone is 3. The molecule has 4 aliphatic carbocycles. The van der Waals surface area contributed by atoms with Gasteiger partial charge >= 0.3 is 0 Å². The summed E-state index contributed by atoms with van der Waals surface area (Å²) in [6, 6.07) is 0. The van der Waals surface area contributed by atoms with Crippen LogP contribution in [0.15, 0.2) is 28.5 Å². The quantitative estimate of drug-likeness (QED) is 0.484. The molecule has 1 N–H and O–H groups in total. The van der Waals surface area contributed by atoms with E-state index in [0.717, 1.165) is 19.3 Å². The number of hydrogen-bond acceptors (Lipinski definition) is 3. The zero-order valence-corrected chi connectivity index (χ0v) is 18.5. The van der Waals surface area contributed by atoms with Gasteiger partial charge in [-0.25, -0.2) is 0 Å². The lowest BCUT2D eigenvalue weighted by Crippen LogP contribution is -2.46. The van der Waals surface area contributed by atoms with Crippen molar-refractivity contribution in [3.63, 3.8) is 0 Å². The molecule has 3 fully saturated rings. The predicted octanol–water partition coefficient (Wildman–Crippen LogP) is 5.89. The maximum absolute atomic E-state index is 10.2. The van der Waals surface area contributed by atoms with Crippen molar-refractivity contribution in [2.75, 3.05) is 6.61 Å². The molecule has 0 saturated heterocycles. The fraction of sp³-hybridized carbons (Fsp3) is 0.800. The third kappa shape index (κ3) is 3.18. The van der Waals surface area contributed by atoms with Gasteiger partial charge in [-0.05, 0) is 80.5 Å². The van der Waals surface area contributed by atoms with E-state index in [2.05, 4.69) is 51.9 Å². The summed E-state index contributed by atoms with van der Waals surface area (Å²) in [4.78, 5) is 5.64. The average molecular weight is 386 g/mol. The van der Waals surface area contributed by atoms with Crippen molar-refractivity contribution in [2.24, 2.45) is 39.7 Å². The van der Waals surface area contributed by atoms with Gasteiger partial charge in [-0.3, -0.25) is 0 Å². The highest BCUT2D eigenvalue weighted by atomic mass is 16.6. The first-order valence-corrected chi connectivity index (χ1v) is 11.5. The van der Waals surface area contributed by atoms with Crippen LogP contribution < -0.4 is 0 Å². The van der Waals surface area contributed by atoms with Crippen molar-refractivity contribution in [1.82, 2.24) is 0 Å². The van der Waals surface area contributed by atoms with Gasteiger partial charge in [0, 0.05) is 5.92 Å². The lowest BCUT2D eigenvalue weighted by Gasteiger charge is -2.54. The Labute approximate surface area is 171 Å². The summed E-state index contributed by atoms with van der Waals surface area (Å²) >= 11 is 0. The average Bonchev–Trinajstić information content (AvgIpc) is 2.99. The van der Waals surface area contributed by atoms with Crippen LogP contribution in [0, 0.1) is 34.5 Å². The van der Waals surface area contributed by atoms with Crippen LogP contribution in [0.1, 0.15) is 79.6 Å². The number of hydrogen-bond donors (Lipinski definition) is 1. The van der Waals surface area contributed by atoms with Gasteiger partial charge in [0.25, 0.3) is 0 Å². The maximum Gasteiger partial charge on any atom is 0.119 e. The van der Waals surface area contributed by atoms with Gasteiger partial charge in [-0.1, -0.05) is 56.1 Å². The minimum atomic E-state index is -0.135. The van der Waals surface area contributed by atoms with E-state index < -0.39 is 0 Å². The van der Waals surface area contributed by atoms with Gasteiger partial charge < -0.3 is 9.94 Å². The van der Waals surface area contributed by atoms with E-state index in [9.17, 15) is 5.11 Å². The van der Waals surface area contributed by atoms with E-state index in [1.54, 1.807) is 5.57 Å². The van der Waals surface area contributed by atoms with Crippen molar-refractivity contribution in [2.45, 2.75) is 85.7 Å². The standard InChI is InChI=1S/C25H39NO2/c1-16(2)15-28-26-17(3)21-8-9-22-20-7-6-18-14-19(27)10-12-24(18,4)23(20)11-13-25(21,22)5/h6-7,16,19,21-23,27H,8-15H2,1-5H3/b26-17-/t19-,21+,22-,23-,24-,25+/m0/s1. The molecule has 6 atom stereocenters. The Hall–Kier alpha value is -1.09. The van der Waals surface area contributed by atoms with E-state index in [0.29, 0.717) is 35.7 Å². The van der Waals surface area contributed by atoms with Crippen LogP contribution in [-0.4, -0.2) is 23.5 Å². The monoisotopic (exact) mass is 385 g/mol. The number of rotatable bonds is 4. The highest BCUT2D eigenvalue weighted by Gasteiger charge is 2.56. The second kappa shape index (κ2) is 7.31. The van der Waals surface area contributed by atoms with Crippen LogP contribution in [0.25, 0.3) is 0 Å². The Balaban J connectivity index is 1.58. The van der Waals surface area contributed by atoms with Gasteiger partial charge in [0.1, 0.15) is 6.61 Å². The second-order valence-electron chi connectivity index (χ2n) is 10.9. The van der Waals surface area contributed by atoms with E-state index >= 15 is 0 Å². The third-order valence-electron chi connectivity index (χ3n) is 8.67. The summed E-state index contributed by atoms with van der Waals surface area (Å²) in [5, 5.41) is 14.7. The molecule has 0 spiro atoms. The highest BCUT2D eigenvalue weighted by molar-refractivity contribution is 5.85. The molecule has 4 rings (SSSR count). The maximum atomic E-state index is 10.2. The minimum absolute atomic E-state index is 0.135. The van der Waals surface area contributed by atoms with Gasteiger partial charge in [-0.15, -0.1) is 0 Å². The topological polar surface area (TPSA) is 41.8 Å². The van der Waals surface area contributed by atoms with Gasteiger partial charge in [-0.2, -0.15) is 0 Å². The van der Waals surface area contributed by atoms with Crippen LogP contribution in [0.3, 0.4) is 0 Å². The van der Waals surface area contributed by atoms with Crippen LogP contribution in [0.5, 0.6) is 0 Å². The molecule has 0 radical (unpaired) electrons. The van der Waals surface area contributed by atoms with Crippen molar-refractivity contribution < 1.29 is 9.94 Å². The lowest BCUT2D eigenvalue weighted by atomic mass is 9.50. The molecule has 0 bridgehead atoms. The summed E-state index contributed by atoms with van der Waals surface area (Å²) in [5.74, 6) is 2.40. The zero-order valence-electron chi connectivity index (χ0n) is 18.5. The fourth-order valence-corrected chi connectivity index (χ4v) is 7.02. The predicted molar refractivity (Wildman–Crippen MR) is 115 cm³/mol. The second-order valence-corrected chi connectivity index (χ2v) is 10.9. The smallest absolute Gasteiger partial charge is 0.119 e. The number of nitrogens with zero attached hydrogens (tertiary/aromatic N) is 1. The van der Waals surface area contributed by atoms with Crippen LogP contribution >= 0.6 is 0 Å². The number of oxime groups is 1. The Morgan fingerprint density at radius 1 is 1.14 bits per heavy atom. The number of aliphatic hydroxyl groups is 1. The molecule has 156 valence electrons.